The molecule has 9 nitrogen and oxygen atoms in total. The molecular weight excluding hydrogens is 446 g/mol. The fraction of sp³-hybridized carbons (Fsp3) is 0.462. The number of para-hydroxylation sites is 2. The highest BCUT2D eigenvalue weighted by atomic mass is 16.6. The Balaban J connectivity index is 1.42. The van der Waals surface area contributed by atoms with Crippen LogP contribution in [-0.2, 0) is 5.72 Å². The van der Waals surface area contributed by atoms with Crippen molar-refractivity contribution in [3.63, 3.8) is 0 Å². The number of carbonyl (C=O) groups excluding carboxylic acids is 1. The summed E-state index contributed by atoms with van der Waals surface area (Å²) in [6.45, 7) is 2.78. The molecule has 1 aromatic heterocycles. The number of tetrazole rings is 1. The molecule has 9 heteroatoms. The second-order valence-corrected chi connectivity index (χ2v) is 8.80. The molecule has 0 saturated heterocycles. The van der Waals surface area contributed by atoms with Crippen molar-refractivity contribution in [1.82, 2.24) is 20.6 Å². The van der Waals surface area contributed by atoms with E-state index in [0.717, 1.165) is 12.8 Å². The smallest absolute Gasteiger partial charge is 0.257 e. The normalized spacial score (nSPS) is 16.7. The fourth-order valence-corrected chi connectivity index (χ4v) is 4.10. The molecule has 0 aliphatic carbocycles. The SMILES string of the molecule is CCCCCCCCCCOc1ccccc1C(=O)c1cccc2c1OC(N)(c1nn[nH]n1)CO2. The Morgan fingerprint density at radius 2 is 1.77 bits per heavy atom. The maximum absolute atomic E-state index is 13.6. The van der Waals surface area contributed by atoms with Gasteiger partial charge in [-0.1, -0.05) is 70.1 Å². The Morgan fingerprint density at radius 3 is 2.54 bits per heavy atom. The number of unbranched alkanes of at least 4 members (excludes halogenated alkanes) is 7. The summed E-state index contributed by atoms with van der Waals surface area (Å²) in [7, 11) is 0. The van der Waals surface area contributed by atoms with Crippen LogP contribution in [-0.4, -0.2) is 39.6 Å². The second-order valence-electron chi connectivity index (χ2n) is 8.80. The Bertz CT molecular complexity index is 1100. The number of ether oxygens (including phenoxy) is 3. The predicted molar refractivity (Wildman–Crippen MR) is 131 cm³/mol. The van der Waals surface area contributed by atoms with Gasteiger partial charge < -0.3 is 14.2 Å². The van der Waals surface area contributed by atoms with Crippen molar-refractivity contribution in [2.75, 3.05) is 13.2 Å². The number of nitrogens with one attached hydrogen (secondary N) is 1. The lowest BCUT2D eigenvalue weighted by Crippen LogP contribution is -2.51. The summed E-state index contributed by atoms with van der Waals surface area (Å²) in [6.07, 6.45) is 9.76. The molecule has 2 heterocycles. The monoisotopic (exact) mass is 479 g/mol. The number of rotatable bonds is 13. The first kappa shape index (κ1) is 24.7. The minimum absolute atomic E-state index is 0.0184. The number of nitrogens with two attached hydrogens (primary N) is 1. The quantitative estimate of drug-likeness (QED) is 0.270. The van der Waals surface area contributed by atoms with Crippen LogP contribution in [0, 0.1) is 0 Å². The Morgan fingerprint density at radius 1 is 1.03 bits per heavy atom. The highest BCUT2D eigenvalue weighted by Gasteiger charge is 2.41. The van der Waals surface area contributed by atoms with Crippen LogP contribution in [0.15, 0.2) is 42.5 Å². The Kier molecular flexibility index (Phi) is 8.31. The molecule has 0 spiro atoms. The summed E-state index contributed by atoms with van der Waals surface area (Å²) in [6, 6.07) is 12.4. The minimum Gasteiger partial charge on any atom is -0.493 e. The highest BCUT2D eigenvalue weighted by Crippen LogP contribution is 2.40. The molecule has 2 aromatic carbocycles. The van der Waals surface area contributed by atoms with Gasteiger partial charge in [0.1, 0.15) is 12.4 Å². The topological polar surface area (TPSA) is 125 Å². The van der Waals surface area contributed by atoms with Gasteiger partial charge in [-0.05, 0) is 35.9 Å². The number of carbonyl (C=O) groups is 1. The molecule has 1 unspecified atom stereocenters. The zero-order valence-corrected chi connectivity index (χ0v) is 20.2. The maximum Gasteiger partial charge on any atom is 0.257 e. The van der Waals surface area contributed by atoms with Gasteiger partial charge in [0, 0.05) is 0 Å². The predicted octanol–water partition coefficient (Wildman–Crippen LogP) is 4.53. The number of nitrogens with zero attached hydrogens (tertiary/aromatic N) is 3. The molecule has 0 fully saturated rings. The first-order chi connectivity index (χ1) is 17.1. The van der Waals surface area contributed by atoms with Crippen LogP contribution in [0.3, 0.4) is 0 Å². The summed E-state index contributed by atoms with van der Waals surface area (Å²) in [4.78, 5) is 13.6. The van der Waals surface area contributed by atoms with E-state index in [1.807, 2.05) is 18.2 Å². The van der Waals surface area contributed by atoms with Crippen molar-refractivity contribution in [2.45, 2.75) is 64.0 Å². The molecule has 4 rings (SSSR count). The van der Waals surface area contributed by atoms with Gasteiger partial charge in [0.05, 0.1) is 17.7 Å². The van der Waals surface area contributed by atoms with Gasteiger partial charge in [0.2, 0.25) is 11.6 Å². The number of H-pyrrole nitrogens is 1. The van der Waals surface area contributed by atoms with Crippen molar-refractivity contribution >= 4 is 5.78 Å². The Hall–Kier alpha value is -3.46. The molecule has 186 valence electrons. The molecule has 3 N–H and O–H groups in total. The van der Waals surface area contributed by atoms with Gasteiger partial charge in [-0.25, -0.2) is 0 Å². The van der Waals surface area contributed by atoms with Crippen LogP contribution in [0.4, 0.5) is 0 Å². The number of hydrogen-bond acceptors (Lipinski definition) is 8. The van der Waals surface area contributed by atoms with Crippen molar-refractivity contribution in [2.24, 2.45) is 5.73 Å². The van der Waals surface area contributed by atoms with E-state index in [1.165, 1.54) is 38.5 Å². The van der Waals surface area contributed by atoms with E-state index in [2.05, 4.69) is 27.5 Å². The Labute approximate surface area is 205 Å². The molecule has 1 aliphatic heterocycles. The standard InChI is InChI=1S/C26H33N5O4/c1-2-3-4-5-6-7-8-11-17-33-21-15-10-9-13-19(21)23(32)20-14-12-16-22-24(20)35-26(27,18-34-22)25-28-30-31-29-25/h9-10,12-16H,2-8,11,17-18,27H2,1H3,(H,28,29,30,31). The van der Waals surface area contributed by atoms with Crippen LogP contribution in [0.1, 0.15) is 80.0 Å². The van der Waals surface area contributed by atoms with E-state index in [4.69, 9.17) is 19.9 Å². The summed E-state index contributed by atoms with van der Waals surface area (Å²) >= 11 is 0. The first-order valence-electron chi connectivity index (χ1n) is 12.4. The van der Waals surface area contributed by atoms with Crippen molar-refractivity contribution in [1.29, 1.82) is 0 Å². The average molecular weight is 480 g/mol. The highest BCUT2D eigenvalue weighted by molar-refractivity contribution is 6.12. The van der Waals surface area contributed by atoms with Crippen LogP contribution in [0.2, 0.25) is 0 Å². The van der Waals surface area contributed by atoms with Gasteiger partial charge >= 0.3 is 0 Å². The van der Waals surface area contributed by atoms with Crippen molar-refractivity contribution in [3.05, 3.63) is 59.4 Å². The molecule has 0 amide bonds. The third-order valence-corrected chi connectivity index (χ3v) is 6.06. The second kappa shape index (κ2) is 11.8. The van der Waals surface area contributed by atoms with Crippen LogP contribution in [0.5, 0.6) is 17.2 Å². The molecule has 35 heavy (non-hydrogen) atoms. The van der Waals surface area contributed by atoms with Gasteiger partial charge in [-0.15, -0.1) is 10.2 Å². The maximum atomic E-state index is 13.6. The third kappa shape index (κ3) is 5.97. The van der Waals surface area contributed by atoms with Crippen LogP contribution >= 0.6 is 0 Å². The van der Waals surface area contributed by atoms with E-state index in [0.29, 0.717) is 29.2 Å². The lowest BCUT2D eigenvalue weighted by molar-refractivity contribution is -0.0154. The lowest BCUT2D eigenvalue weighted by atomic mass is 10.00. The summed E-state index contributed by atoms with van der Waals surface area (Å²) < 4.78 is 17.9. The molecule has 0 radical (unpaired) electrons. The van der Waals surface area contributed by atoms with E-state index >= 15 is 0 Å². The number of aromatic nitrogens is 4. The lowest BCUT2D eigenvalue weighted by Gasteiger charge is -2.33. The molecular formula is C26H33N5O4. The van der Waals surface area contributed by atoms with Crippen LogP contribution < -0.4 is 19.9 Å². The van der Waals surface area contributed by atoms with Gasteiger partial charge in [0.25, 0.3) is 5.72 Å². The minimum atomic E-state index is -1.47. The molecule has 0 saturated carbocycles. The summed E-state index contributed by atoms with van der Waals surface area (Å²) in [5.74, 6) is 1.12. The zero-order chi connectivity index (χ0) is 24.5. The van der Waals surface area contributed by atoms with Gasteiger partial charge in [0.15, 0.2) is 11.5 Å². The van der Waals surface area contributed by atoms with E-state index in [1.54, 1.807) is 24.3 Å². The molecule has 3 aromatic rings. The van der Waals surface area contributed by atoms with Gasteiger partial charge in [-0.2, -0.15) is 5.21 Å². The summed E-state index contributed by atoms with van der Waals surface area (Å²) in [5.41, 5.74) is 5.66. The first-order valence-corrected chi connectivity index (χ1v) is 12.4. The fourth-order valence-electron chi connectivity index (χ4n) is 4.10. The molecule has 1 aliphatic rings. The summed E-state index contributed by atoms with van der Waals surface area (Å²) in [5, 5.41) is 13.7. The number of hydrogen-bond donors (Lipinski definition) is 2. The zero-order valence-electron chi connectivity index (χ0n) is 20.2. The van der Waals surface area contributed by atoms with Crippen molar-refractivity contribution in [3.8, 4) is 17.2 Å². The third-order valence-electron chi connectivity index (χ3n) is 6.06. The number of benzene rings is 2. The van der Waals surface area contributed by atoms with Crippen molar-refractivity contribution < 1.29 is 19.0 Å². The largest absolute Gasteiger partial charge is 0.493 e. The number of fused-ring (bicyclic) bond motifs is 1. The van der Waals surface area contributed by atoms with Crippen LogP contribution in [0.25, 0.3) is 0 Å². The molecule has 0 bridgehead atoms. The number of ketones is 1. The number of aromatic amines is 1. The van der Waals surface area contributed by atoms with E-state index < -0.39 is 5.72 Å². The van der Waals surface area contributed by atoms with E-state index in [9.17, 15) is 4.79 Å². The van der Waals surface area contributed by atoms with E-state index in [-0.39, 0.29) is 24.0 Å². The molecule has 1 atom stereocenters. The van der Waals surface area contributed by atoms with Gasteiger partial charge in [-0.3, -0.25) is 10.5 Å². The average Bonchev–Trinajstić information content (AvgIpc) is 3.43.